The second-order valence-electron chi connectivity index (χ2n) is 7.22. The second-order valence-corrected chi connectivity index (χ2v) is 7.22. The van der Waals surface area contributed by atoms with E-state index in [0.29, 0.717) is 6.04 Å². The molecule has 2 heterocycles. The van der Waals surface area contributed by atoms with Gasteiger partial charge >= 0.3 is 5.97 Å². The number of nitrogens with zero attached hydrogens (tertiary/aromatic N) is 3. The molecule has 0 aliphatic carbocycles. The average molecular weight is 387 g/mol. The first kappa shape index (κ1) is 19.2. The normalized spacial score (nSPS) is 17.1. The van der Waals surface area contributed by atoms with Crippen molar-refractivity contribution in [3.63, 3.8) is 0 Å². The number of carbonyl (C=O) groups excluding carboxylic acids is 1. The van der Waals surface area contributed by atoms with Crippen molar-refractivity contribution in [1.82, 2.24) is 14.7 Å². The maximum atomic E-state index is 11.3. The Morgan fingerprint density at radius 2 is 1.93 bits per heavy atom. The summed E-state index contributed by atoms with van der Waals surface area (Å²) in [6.45, 7) is 1.94. The van der Waals surface area contributed by atoms with Gasteiger partial charge in [0.05, 0.1) is 18.5 Å². The molecule has 1 aliphatic rings. The first-order valence-electron chi connectivity index (χ1n) is 9.93. The van der Waals surface area contributed by atoms with Crippen LogP contribution in [0.15, 0.2) is 72.9 Å². The first-order chi connectivity index (χ1) is 14.2. The Kier molecular flexibility index (Phi) is 5.86. The predicted octanol–water partition coefficient (Wildman–Crippen LogP) is 4.40. The van der Waals surface area contributed by atoms with E-state index >= 15 is 0 Å². The zero-order valence-electron chi connectivity index (χ0n) is 16.6. The molecule has 2 aromatic carbocycles. The number of carbonyl (C=O) groups is 1. The minimum absolute atomic E-state index is 0.342. The Morgan fingerprint density at radius 1 is 1.14 bits per heavy atom. The molecule has 1 atom stereocenters. The van der Waals surface area contributed by atoms with Crippen LogP contribution in [0.3, 0.4) is 0 Å². The summed E-state index contributed by atoms with van der Waals surface area (Å²) in [5.41, 5.74) is 4.58. The van der Waals surface area contributed by atoms with Crippen LogP contribution in [0.25, 0.3) is 11.8 Å². The minimum Gasteiger partial charge on any atom is -0.466 e. The highest BCUT2D eigenvalue weighted by Gasteiger charge is 2.26. The number of para-hydroxylation sites is 1. The third-order valence-electron chi connectivity index (χ3n) is 5.38. The summed E-state index contributed by atoms with van der Waals surface area (Å²) in [5.74, 6) is -0.342. The molecule has 0 spiro atoms. The van der Waals surface area contributed by atoms with Crippen molar-refractivity contribution in [2.45, 2.75) is 25.4 Å². The van der Waals surface area contributed by atoms with Gasteiger partial charge in [-0.15, -0.1) is 0 Å². The molecule has 4 rings (SSSR count). The fourth-order valence-electron chi connectivity index (χ4n) is 3.91. The van der Waals surface area contributed by atoms with Crippen LogP contribution in [-0.2, 0) is 16.1 Å². The minimum atomic E-state index is -0.342. The van der Waals surface area contributed by atoms with E-state index in [9.17, 15) is 4.79 Å². The van der Waals surface area contributed by atoms with Gasteiger partial charge in [-0.2, -0.15) is 5.10 Å². The van der Waals surface area contributed by atoms with E-state index in [0.717, 1.165) is 30.8 Å². The van der Waals surface area contributed by atoms with Crippen LogP contribution < -0.4 is 0 Å². The molecule has 0 saturated carbocycles. The van der Waals surface area contributed by atoms with Crippen molar-refractivity contribution >= 4 is 12.0 Å². The molecular formula is C24H25N3O2. The van der Waals surface area contributed by atoms with Crippen molar-refractivity contribution in [3.8, 4) is 5.69 Å². The summed E-state index contributed by atoms with van der Waals surface area (Å²) in [5, 5.41) is 4.52. The summed E-state index contributed by atoms with van der Waals surface area (Å²) in [6, 6.07) is 21.2. The molecule has 1 saturated heterocycles. The Hall–Kier alpha value is -3.18. The Morgan fingerprint density at radius 3 is 2.69 bits per heavy atom. The molecule has 0 unspecified atom stereocenters. The Bertz CT molecular complexity index is 977. The number of aromatic nitrogens is 2. The summed E-state index contributed by atoms with van der Waals surface area (Å²) >= 11 is 0. The zero-order valence-corrected chi connectivity index (χ0v) is 16.6. The van der Waals surface area contributed by atoms with Gasteiger partial charge < -0.3 is 4.74 Å². The second kappa shape index (κ2) is 8.88. The van der Waals surface area contributed by atoms with Crippen LogP contribution in [-0.4, -0.2) is 34.3 Å². The van der Waals surface area contributed by atoms with Crippen molar-refractivity contribution in [2.75, 3.05) is 13.7 Å². The number of hydrogen-bond acceptors (Lipinski definition) is 4. The molecule has 0 amide bonds. The van der Waals surface area contributed by atoms with Crippen LogP contribution in [0.5, 0.6) is 0 Å². The molecule has 0 radical (unpaired) electrons. The molecule has 3 aromatic rings. The molecule has 29 heavy (non-hydrogen) atoms. The van der Waals surface area contributed by atoms with Gasteiger partial charge in [0.2, 0.25) is 0 Å². The number of likely N-dealkylation sites (tertiary alicyclic amines) is 1. The van der Waals surface area contributed by atoms with Crippen LogP contribution in [0.1, 0.15) is 35.7 Å². The zero-order chi connectivity index (χ0) is 20.1. The largest absolute Gasteiger partial charge is 0.466 e. The Balaban J connectivity index is 1.49. The monoisotopic (exact) mass is 387 g/mol. The van der Waals surface area contributed by atoms with Crippen molar-refractivity contribution < 1.29 is 9.53 Å². The van der Waals surface area contributed by atoms with Gasteiger partial charge in [0.15, 0.2) is 0 Å². The number of benzene rings is 2. The van der Waals surface area contributed by atoms with Gasteiger partial charge in [0.25, 0.3) is 0 Å². The molecule has 0 N–H and O–H groups in total. The van der Waals surface area contributed by atoms with E-state index in [1.54, 1.807) is 6.08 Å². The van der Waals surface area contributed by atoms with E-state index in [2.05, 4.69) is 57.2 Å². The van der Waals surface area contributed by atoms with E-state index in [1.165, 1.54) is 30.9 Å². The molecule has 1 aliphatic heterocycles. The van der Waals surface area contributed by atoms with E-state index in [4.69, 9.17) is 0 Å². The number of hydrogen-bond donors (Lipinski definition) is 0. The van der Waals surface area contributed by atoms with Crippen LogP contribution in [0, 0.1) is 0 Å². The average Bonchev–Trinajstić information content (AvgIpc) is 3.43. The predicted molar refractivity (Wildman–Crippen MR) is 113 cm³/mol. The summed E-state index contributed by atoms with van der Waals surface area (Å²) in [7, 11) is 1.38. The van der Waals surface area contributed by atoms with Gasteiger partial charge in [-0.25, -0.2) is 9.48 Å². The lowest BCUT2D eigenvalue weighted by Crippen LogP contribution is -2.24. The third-order valence-corrected chi connectivity index (χ3v) is 5.38. The summed E-state index contributed by atoms with van der Waals surface area (Å²) < 4.78 is 6.67. The van der Waals surface area contributed by atoms with Crippen LogP contribution in [0.2, 0.25) is 0 Å². The fourth-order valence-corrected chi connectivity index (χ4v) is 3.91. The van der Waals surface area contributed by atoms with Crippen molar-refractivity contribution in [3.05, 3.63) is 89.8 Å². The van der Waals surface area contributed by atoms with E-state index in [-0.39, 0.29) is 5.97 Å². The maximum Gasteiger partial charge on any atom is 0.330 e. The molecule has 5 heteroatoms. The standard InChI is InChI=1S/C24H25N3O2/c1-29-24(28)14-11-19-9-12-20(13-10-19)23-8-5-17-26(23)18-22-15-16-25-27(22)21-6-3-2-4-7-21/h2-4,6-7,9-16,23H,5,8,17-18H2,1H3/b14-11+/t23-/m0/s1. The van der Waals surface area contributed by atoms with Crippen molar-refractivity contribution in [2.24, 2.45) is 0 Å². The van der Waals surface area contributed by atoms with Gasteiger partial charge in [0.1, 0.15) is 0 Å². The number of esters is 1. The van der Waals surface area contributed by atoms with E-state index in [1.807, 2.05) is 29.1 Å². The summed E-state index contributed by atoms with van der Waals surface area (Å²) in [6.07, 6.45) is 7.43. The van der Waals surface area contributed by atoms with Crippen molar-refractivity contribution in [1.29, 1.82) is 0 Å². The molecule has 148 valence electrons. The van der Waals surface area contributed by atoms with Gasteiger partial charge in [-0.1, -0.05) is 42.5 Å². The lowest BCUT2D eigenvalue weighted by Gasteiger charge is -2.25. The smallest absolute Gasteiger partial charge is 0.330 e. The molecule has 1 fully saturated rings. The highest BCUT2D eigenvalue weighted by Crippen LogP contribution is 2.33. The Labute approximate surface area is 171 Å². The molecule has 5 nitrogen and oxygen atoms in total. The highest BCUT2D eigenvalue weighted by molar-refractivity contribution is 5.86. The van der Waals surface area contributed by atoms with Gasteiger partial charge in [-0.05, 0) is 54.8 Å². The lowest BCUT2D eigenvalue weighted by atomic mass is 10.0. The SMILES string of the molecule is COC(=O)/C=C/c1ccc([C@@H]2CCCN2Cc2ccnn2-c2ccccc2)cc1. The van der Waals surface area contributed by atoms with Crippen LogP contribution >= 0.6 is 0 Å². The molecule has 0 bridgehead atoms. The van der Waals surface area contributed by atoms with E-state index < -0.39 is 0 Å². The molecular weight excluding hydrogens is 362 g/mol. The van der Waals surface area contributed by atoms with Crippen LogP contribution in [0.4, 0.5) is 0 Å². The highest BCUT2D eigenvalue weighted by atomic mass is 16.5. The lowest BCUT2D eigenvalue weighted by molar-refractivity contribution is -0.134. The fraction of sp³-hybridized carbons (Fsp3) is 0.250. The molecule has 1 aromatic heterocycles. The number of rotatable bonds is 6. The first-order valence-corrected chi connectivity index (χ1v) is 9.93. The third kappa shape index (κ3) is 4.46. The maximum absolute atomic E-state index is 11.3. The number of methoxy groups -OCH3 is 1. The van der Waals surface area contributed by atoms with Gasteiger partial charge in [0, 0.05) is 24.9 Å². The quantitative estimate of drug-likeness (QED) is 0.465. The number of ether oxygens (including phenoxy) is 1. The summed E-state index contributed by atoms with van der Waals surface area (Å²) in [4.78, 5) is 13.8. The topological polar surface area (TPSA) is 47.4 Å². The van der Waals surface area contributed by atoms with Gasteiger partial charge in [-0.3, -0.25) is 4.90 Å².